The van der Waals surface area contributed by atoms with Crippen molar-refractivity contribution >= 4 is 17.3 Å². The van der Waals surface area contributed by atoms with Gasteiger partial charge in [0.25, 0.3) is 0 Å². The molecule has 1 aromatic carbocycles. The zero-order chi connectivity index (χ0) is 15.8. The third kappa shape index (κ3) is 4.80. The molecule has 0 fully saturated rings. The summed E-state index contributed by atoms with van der Waals surface area (Å²) < 4.78 is 13.5. The molecule has 0 spiro atoms. The van der Waals surface area contributed by atoms with E-state index in [-0.39, 0.29) is 5.82 Å². The lowest BCUT2D eigenvalue weighted by Gasteiger charge is -2.11. The summed E-state index contributed by atoms with van der Waals surface area (Å²) in [6, 6.07) is 6.83. The number of benzene rings is 1. The van der Waals surface area contributed by atoms with E-state index in [1.165, 1.54) is 6.07 Å². The highest BCUT2D eigenvalue weighted by Crippen LogP contribution is 2.09. The van der Waals surface area contributed by atoms with Gasteiger partial charge in [-0.2, -0.15) is 0 Å². The Morgan fingerprint density at radius 2 is 2.14 bits per heavy atom. The normalized spacial score (nSPS) is 11.5. The van der Waals surface area contributed by atoms with Gasteiger partial charge in [-0.15, -0.1) is 11.3 Å². The predicted molar refractivity (Wildman–Crippen MR) is 89.8 cm³/mol. The quantitative estimate of drug-likeness (QED) is 0.635. The van der Waals surface area contributed by atoms with Crippen LogP contribution in [0.3, 0.4) is 0 Å². The lowest BCUT2D eigenvalue weighted by atomic mass is 10.1. The van der Waals surface area contributed by atoms with Crippen molar-refractivity contribution in [2.75, 3.05) is 13.6 Å². The van der Waals surface area contributed by atoms with Crippen molar-refractivity contribution in [3.05, 3.63) is 51.7 Å². The minimum atomic E-state index is -0.165. The number of hydrogen-bond donors (Lipinski definition) is 2. The van der Waals surface area contributed by atoms with Crippen molar-refractivity contribution in [1.29, 1.82) is 0 Å². The zero-order valence-corrected chi connectivity index (χ0v) is 13.7. The van der Waals surface area contributed by atoms with E-state index in [9.17, 15) is 4.39 Å². The third-order valence-electron chi connectivity index (χ3n) is 3.21. The minimum absolute atomic E-state index is 0.165. The van der Waals surface area contributed by atoms with Gasteiger partial charge in [0.2, 0.25) is 0 Å². The maximum atomic E-state index is 13.5. The lowest BCUT2D eigenvalue weighted by molar-refractivity contribution is 0.606. The van der Waals surface area contributed by atoms with Crippen molar-refractivity contribution in [1.82, 2.24) is 15.6 Å². The Bertz CT molecular complexity index is 624. The molecule has 0 aliphatic carbocycles. The maximum Gasteiger partial charge on any atom is 0.191 e. The van der Waals surface area contributed by atoms with Crippen LogP contribution in [-0.4, -0.2) is 24.5 Å². The second kappa shape index (κ2) is 8.48. The number of aromatic nitrogens is 1. The summed E-state index contributed by atoms with van der Waals surface area (Å²) in [7, 11) is 1.72. The van der Waals surface area contributed by atoms with E-state index >= 15 is 0 Å². The largest absolute Gasteiger partial charge is 0.356 e. The second-order valence-corrected chi connectivity index (χ2v) is 5.72. The average Bonchev–Trinajstić information content (AvgIpc) is 3.00. The third-order valence-corrected chi connectivity index (χ3v) is 4.25. The molecule has 0 aliphatic heterocycles. The van der Waals surface area contributed by atoms with E-state index in [1.807, 2.05) is 6.07 Å². The number of halogens is 1. The van der Waals surface area contributed by atoms with E-state index in [2.05, 4.69) is 32.9 Å². The summed E-state index contributed by atoms with van der Waals surface area (Å²) in [5.41, 5.74) is 1.72. The Morgan fingerprint density at radius 1 is 1.32 bits per heavy atom. The molecular weight excluding hydrogens is 299 g/mol. The molecule has 0 bridgehead atoms. The van der Waals surface area contributed by atoms with Crippen LogP contribution in [0.1, 0.15) is 23.2 Å². The molecule has 0 radical (unpaired) electrons. The van der Waals surface area contributed by atoms with Crippen LogP contribution in [0.2, 0.25) is 0 Å². The van der Waals surface area contributed by atoms with Crippen molar-refractivity contribution < 1.29 is 4.39 Å². The number of hydrogen-bond acceptors (Lipinski definition) is 3. The Balaban J connectivity index is 1.77. The first kappa shape index (κ1) is 16.4. The van der Waals surface area contributed by atoms with Crippen LogP contribution in [0.25, 0.3) is 0 Å². The van der Waals surface area contributed by atoms with Gasteiger partial charge < -0.3 is 10.6 Å². The number of aliphatic imine (C=N–C) groups is 1. The molecule has 2 aromatic rings. The Labute approximate surface area is 134 Å². The van der Waals surface area contributed by atoms with E-state index in [1.54, 1.807) is 30.5 Å². The molecule has 0 saturated heterocycles. The van der Waals surface area contributed by atoms with Crippen LogP contribution in [0.5, 0.6) is 0 Å². The molecule has 4 nitrogen and oxygen atoms in total. The van der Waals surface area contributed by atoms with Crippen molar-refractivity contribution in [3.8, 4) is 0 Å². The van der Waals surface area contributed by atoms with E-state index in [0.717, 1.165) is 17.1 Å². The molecule has 2 N–H and O–H groups in total. The Hall–Kier alpha value is -1.95. The summed E-state index contributed by atoms with van der Waals surface area (Å²) in [6.07, 6.45) is 1.57. The van der Waals surface area contributed by atoms with E-state index < -0.39 is 0 Å². The van der Waals surface area contributed by atoms with Crippen molar-refractivity contribution in [2.24, 2.45) is 4.99 Å². The van der Waals surface area contributed by atoms with Gasteiger partial charge in [0, 0.05) is 19.0 Å². The summed E-state index contributed by atoms with van der Waals surface area (Å²) in [5, 5.41) is 9.59. The number of guanidine groups is 1. The highest BCUT2D eigenvalue weighted by atomic mass is 32.1. The van der Waals surface area contributed by atoms with Crippen molar-refractivity contribution in [2.45, 2.75) is 26.3 Å². The SMILES string of the molecule is CCc1nc(CNC(=NC)NCCc2ccccc2F)cs1. The molecule has 1 aromatic heterocycles. The zero-order valence-electron chi connectivity index (χ0n) is 12.9. The predicted octanol–water partition coefficient (Wildman–Crippen LogP) is 2.75. The summed E-state index contributed by atoms with van der Waals surface area (Å²) in [4.78, 5) is 8.66. The van der Waals surface area contributed by atoms with Crippen molar-refractivity contribution in [3.63, 3.8) is 0 Å². The number of nitrogens with zero attached hydrogens (tertiary/aromatic N) is 2. The first-order valence-electron chi connectivity index (χ1n) is 7.34. The Kier molecular flexibility index (Phi) is 6.33. The first-order chi connectivity index (χ1) is 10.7. The molecule has 0 unspecified atom stereocenters. The lowest BCUT2D eigenvalue weighted by Crippen LogP contribution is -2.38. The monoisotopic (exact) mass is 320 g/mol. The molecule has 0 saturated carbocycles. The van der Waals surface area contributed by atoms with Gasteiger partial charge in [-0.05, 0) is 24.5 Å². The van der Waals surface area contributed by atoms with E-state index in [0.29, 0.717) is 31.0 Å². The number of nitrogens with one attached hydrogen (secondary N) is 2. The van der Waals surface area contributed by atoms with Gasteiger partial charge in [0.05, 0.1) is 17.2 Å². The number of rotatable bonds is 6. The van der Waals surface area contributed by atoms with Gasteiger partial charge in [-0.3, -0.25) is 4.99 Å². The van der Waals surface area contributed by atoms with Crippen LogP contribution in [-0.2, 0) is 19.4 Å². The van der Waals surface area contributed by atoms with Crippen LogP contribution >= 0.6 is 11.3 Å². The first-order valence-corrected chi connectivity index (χ1v) is 8.22. The molecule has 0 amide bonds. The highest BCUT2D eigenvalue weighted by molar-refractivity contribution is 7.09. The average molecular weight is 320 g/mol. The molecule has 6 heteroatoms. The molecule has 2 rings (SSSR count). The molecule has 0 atom stereocenters. The fourth-order valence-corrected chi connectivity index (χ4v) is 2.75. The fraction of sp³-hybridized carbons (Fsp3) is 0.375. The van der Waals surface area contributed by atoms with Gasteiger partial charge in [0.1, 0.15) is 5.82 Å². The van der Waals surface area contributed by atoms with Gasteiger partial charge in [-0.1, -0.05) is 25.1 Å². The fourth-order valence-electron chi connectivity index (χ4n) is 2.00. The molecular formula is C16H21FN4S. The Morgan fingerprint density at radius 3 is 2.82 bits per heavy atom. The summed E-state index contributed by atoms with van der Waals surface area (Å²) >= 11 is 1.67. The number of thiazole rings is 1. The molecule has 0 aliphatic rings. The van der Waals surface area contributed by atoms with Crippen LogP contribution < -0.4 is 10.6 Å². The maximum absolute atomic E-state index is 13.5. The molecule has 22 heavy (non-hydrogen) atoms. The van der Waals surface area contributed by atoms with Crippen LogP contribution in [0, 0.1) is 5.82 Å². The van der Waals surface area contributed by atoms with Gasteiger partial charge >= 0.3 is 0 Å². The standard InChI is InChI=1S/C16H21FN4S/c1-3-15-21-13(11-22-15)10-20-16(18-2)19-9-8-12-6-4-5-7-14(12)17/h4-7,11H,3,8-10H2,1-2H3,(H2,18,19,20). The van der Waals surface area contributed by atoms with Crippen LogP contribution in [0.4, 0.5) is 4.39 Å². The van der Waals surface area contributed by atoms with Gasteiger partial charge in [0.15, 0.2) is 5.96 Å². The molecule has 1 heterocycles. The second-order valence-electron chi connectivity index (χ2n) is 4.78. The van der Waals surface area contributed by atoms with E-state index in [4.69, 9.17) is 0 Å². The minimum Gasteiger partial charge on any atom is -0.356 e. The van der Waals surface area contributed by atoms with Gasteiger partial charge in [-0.25, -0.2) is 9.37 Å². The topological polar surface area (TPSA) is 49.3 Å². The smallest absolute Gasteiger partial charge is 0.191 e. The summed E-state index contributed by atoms with van der Waals surface area (Å²) in [5.74, 6) is 0.532. The summed E-state index contributed by atoms with van der Waals surface area (Å²) in [6.45, 7) is 3.35. The molecule has 118 valence electrons. The highest BCUT2D eigenvalue weighted by Gasteiger charge is 2.04. The van der Waals surface area contributed by atoms with Crippen LogP contribution in [0.15, 0.2) is 34.6 Å². The number of aryl methyl sites for hydroxylation is 1.